The molecule has 3 aromatic rings. The molecule has 0 aliphatic rings. The van der Waals surface area contributed by atoms with Crippen LogP contribution in [0.1, 0.15) is 37.5 Å². The van der Waals surface area contributed by atoms with E-state index in [4.69, 9.17) is 0 Å². The fourth-order valence-corrected chi connectivity index (χ4v) is 4.73. The van der Waals surface area contributed by atoms with Gasteiger partial charge >= 0.3 is 0 Å². The van der Waals surface area contributed by atoms with Crippen molar-refractivity contribution in [1.29, 1.82) is 0 Å². The topological polar surface area (TPSA) is 3.24 Å². The first-order valence-corrected chi connectivity index (χ1v) is 12.8. The van der Waals surface area contributed by atoms with Crippen LogP contribution in [-0.2, 0) is 0 Å². The lowest BCUT2D eigenvalue weighted by Gasteiger charge is -2.33. The molecule has 0 fully saturated rings. The van der Waals surface area contributed by atoms with Gasteiger partial charge in [0.2, 0.25) is 0 Å². The predicted molar refractivity (Wildman–Crippen MR) is 143 cm³/mol. The van der Waals surface area contributed by atoms with E-state index in [0.717, 1.165) is 6.29 Å². The normalized spacial score (nSPS) is 11.5. The van der Waals surface area contributed by atoms with Gasteiger partial charge in [-0.15, -0.1) is 21.0 Å². The highest BCUT2D eigenvalue weighted by Crippen LogP contribution is 2.41. The van der Waals surface area contributed by atoms with Crippen molar-refractivity contribution in [3.05, 3.63) is 77.4 Å². The van der Waals surface area contributed by atoms with E-state index in [-0.39, 0.29) is 0 Å². The Morgan fingerprint density at radius 3 is 1.63 bits per heavy atom. The lowest BCUT2D eigenvalue weighted by molar-refractivity contribution is 0.888. The summed E-state index contributed by atoms with van der Waals surface area (Å²) in [6, 6.07) is 22.3. The van der Waals surface area contributed by atoms with Gasteiger partial charge < -0.3 is 4.90 Å². The Balaban J connectivity index is 0.00000155. The summed E-state index contributed by atoms with van der Waals surface area (Å²) in [6.45, 7) is 12.8. The van der Waals surface area contributed by atoms with Crippen molar-refractivity contribution in [2.24, 2.45) is 0 Å². The average molecular weight is 438 g/mol. The summed E-state index contributed by atoms with van der Waals surface area (Å²) < 4.78 is 0. The molecule has 0 bridgehead atoms. The molecule has 2 atom stereocenters. The third kappa shape index (κ3) is 5.48. The SMILES string of the molecule is CC.CSC(C)N(CP)c1c(-c2ccc(C)cc2)ccc(-c2ccc(C)cc2)c1C. The summed E-state index contributed by atoms with van der Waals surface area (Å²) >= 11 is 1.88. The van der Waals surface area contributed by atoms with Crippen LogP contribution >= 0.6 is 21.0 Å². The molecule has 0 N–H and O–H groups in total. The maximum Gasteiger partial charge on any atom is 0.0723 e. The van der Waals surface area contributed by atoms with Crippen molar-refractivity contribution in [1.82, 2.24) is 0 Å². The number of thioether (sulfide) groups is 1. The minimum absolute atomic E-state index is 0.397. The monoisotopic (exact) mass is 437 g/mol. The van der Waals surface area contributed by atoms with Crippen LogP contribution in [0.2, 0.25) is 0 Å². The molecule has 0 radical (unpaired) electrons. The highest BCUT2D eigenvalue weighted by Gasteiger charge is 2.21. The van der Waals surface area contributed by atoms with E-state index in [2.05, 4.69) is 109 Å². The number of hydrogen-bond acceptors (Lipinski definition) is 2. The number of aryl methyl sites for hydroxylation is 2. The second kappa shape index (κ2) is 11.6. The highest BCUT2D eigenvalue weighted by atomic mass is 32.2. The van der Waals surface area contributed by atoms with E-state index < -0.39 is 0 Å². The largest absolute Gasteiger partial charge is 0.356 e. The molecule has 0 aliphatic heterocycles. The molecule has 0 saturated heterocycles. The minimum Gasteiger partial charge on any atom is -0.356 e. The Bertz CT molecular complexity index is 932. The van der Waals surface area contributed by atoms with E-state index in [1.54, 1.807) is 0 Å². The van der Waals surface area contributed by atoms with Crippen LogP contribution in [0.15, 0.2) is 60.7 Å². The molecular weight excluding hydrogens is 401 g/mol. The van der Waals surface area contributed by atoms with Gasteiger partial charge in [-0.25, -0.2) is 0 Å². The van der Waals surface area contributed by atoms with Gasteiger partial charge in [0.15, 0.2) is 0 Å². The average Bonchev–Trinajstić information content (AvgIpc) is 2.78. The zero-order valence-electron chi connectivity index (χ0n) is 19.5. The standard InChI is InChI=1S/C25H30NPS.C2H6/c1-17-6-10-21(11-7-17)23-14-15-24(22-12-8-18(2)9-13-22)25(19(23)3)26(16-27)20(4)28-5;1-2/h6-15,20H,16,27H2,1-5H3;1-2H3. The first-order valence-electron chi connectivity index (χ1n) is 10.7. The van der Waals surface area contributed by atoms with Crippen molar-refractivity contribution < 1.29 is 0 Å². The van der Waals surface area contributed by atoms with Crippen LogP contribution in [0.4, 0.5) is 5.69 Å². The van der Waals surface area contributed by atoms with Gasteiger partial charge in [-0.05, 0) is 56.2 Å². The second-order valence-corrected chi connectivity index (χ2v) is 8.87. The maximum absolute atomic E-state index is 2.92. The number of anilines is 1. The summed E-state index contributed by atoms with van der Waals surface area (Å²) in [7, 11) is 2.92. The molecule has 3 heteroatoms. The lowest BCUT2D eigenvalue weighted by atomic mass is 9.92. The molecule has 2 unspecified atom stereocenters. The summed E-state index contributed by atoms with van der Waals surface area (Å²) in [6.07, 6.45) is 3.09. The van der Waals surface area contributed by atoms with Crippen molar-refractivity contribution in [2.45, 2.75) is 46.9 Å². The molecule has 0 amide bonds. The highest BCUT2D eigenvalue weighted by molar-refractivity contribution is 7.99. The lowest BCUT2D eigenvalue weighted by Crippen LogP contribution is -2.30. The first-order chi connectivity index (χ1) is 14.5. The number of rotatable bonds is 6. The van der Waals surface area contributed by atoms with E-state index in [1.165, 1.54) is 44.6 Å². The molecular formula is C27H36NPS. The Labute approximate surface area is 190 Å². The quantitative estimate of drug-likeness (QED) is 0.282. The van der Waals surface area contributed by atoms with Crippen LogP contribution in [0, 0.1) is 20.8 Å². The van der Waals surface area contributed by atoms with Crippen LogP contribution in [0.25, 0.3) is 22.3 Å². The summed E-state index contributed by atoms with van der Waals surface area (Å²) in [5, 5.41) is 0.397. The van der Waals surface area contributed by atoms with Gasteiger partial charge in [0, 0.05) is 17.5 Å². The van der Waals surface area contributed by atoms with Gasteiger partial charge in [-0.2, -0.15) is 0 Å². The third-order valence-electron chi connectivity index (χ3n) is 5.42. The molecule has 3 rings (SSSR count). The van der Waals surface area contributed by atoms with Crippen molar-refractivity contribution >= 4 is 26.7 Å². The molecule has 160 valence electrons. The van der Waals surface area contributed by atoms with Gasteiger partial charge in [0.1, 0.15) is 0 Å². The van der Waals surface area contributed by atoms with Crippen molar-refractivity contribution in [2.75, 3.05) is 17.4 Å². The molecule has 0 spiro atoms. The maximum atomic E-state index is 2.92. The molecule has 0 heterocycles. The molecule has 0 aromatic heterocycles. The molecule has 1 nitrogen and oxygen atoms in total. The molecule has 3 aromatic carbocycles. The number of nitrogens with zero attached hydrogens (tertiary/aromatic N) is 1. The third-order valence-corrected chi connectivity index (χ3v) is 6.75. The smallest absolute Gasteiger partial charge is 0.0723 e. The molecule has 0 aliphatic carbocycles. The first kappa shape index (κ1) is 24.5. The van der Waals surface area contributed by atoms with Crippen LogP contribution in [-0.4, -0.2) is 17.9 Å². The Morgan fingerprint density at radius 2 is 1.20 bits per heavy atom. The van der Waals surface area contributed by atoms with Gasteiger partial charge in [-0.3, -0.25) is 0 Å². The van der Waals surface area contributed by atoms with E-state index in [9.17, 15) is 0 Å². The zero-order chi connectivity index (χ0) is 22.3. The van der Waals surface area contributed by atoms with Crippen molar-refractivity contribution in [3.8, 4) is 22.3 Å². The molecule has 30 heavy (non-hydrogen) atoms. The Morgan fingerprint density at radius 1 is 0.767 bits per heavy atom. The van der Waals surface area contributed by atoms with E-state index in [0.29, 0.717) is 5.37 Å². The summed E-state index contributed by atoms with van der Waals surface area (Å²) in [5.41, 5.74) is 10.4. The summed E-state index contributed by atoms with van der Waals surface area (Å²) in [4.78, 5) is 2.50. The van der Waals surface area contributed by atoms with Crippen molar-refractivity contribution in [3.63, 3.8) is 0 Å². The zero-order valence-corrected chi connectivity index (χ0v) is 21.5. The van der Waals surface area contributed by atoms with Gasteiger partial charge in [0.25, 0.3) is 0 Å². The van der Waals surface area contributed by atoms with Crippen LogP contribution < -0.4 is 4.90 Å². The van der Waals surface area contributed by atoms with Crippen LogP contribution in [0.5, 0.6) is 0 Å². The van der Waals surface area contributed by atoms with Gasteiger partial charge in [0.05, 0.1) is 5.37 Å². The van der Waals surface area contributed by atoms with Gasteiger partial charge in [-0.1, -0.05) is 85.6 Å². The fraction of sp³-hybridized carbons (Fsp3) is 0.333. The predicted octanol–water partition coefficient (Wildman–Crippen LogP) is 8.32. The fourth-order valence-electron chi connectivity index (χ4n) is 3.63. The number of benzene rings is 3. The summed E-state index contributed by atoms with van der Waals surface area (Å²) in [5.74, 6) is 0. The Hall–Kier alpha value is -1.76. The number of hydrogen-bond donors (Lipinski definition) is 0. The molecule has 0 saturated carbocycles. The van der Waals surface area contributed by atoms with E-state index in [1.807, 2.05) is 25.6 Å². The Kier molecular flexibility index (Phi) is 9.46. The second-order valence-electron chi connectivity index (χ2n) is 7.35. The minimum atomic E-state index is 0.397. The van der Waals surface area contributed by atoms with Crippen LogP contribution in [0.3, 0.4) is 0 Å². The van der Waals surface area contributed by atoms with E-state index >= 15 is 0 Å².